The normalized spacial score (nSPS) is 10.6. The first kappa shape index (κ1) is 16.6. The Labute approximate surface area is 134 Å². The summed E-state index contributed by atoms with van der Waals surface area (Å²) in [5.41, 5.74) is 1.44. The van der Waals surface area contributed by atoms with Crippen molar-refractivity contribution in [1.82, 2.24) is 0 Å². The predicted octanol–water partition coefficient (Wildman–Crippen LogP) is 2.73. The maximum absolute atomic E-state index is 10.3. The molecule has 0 spiro atoms. The van der Waals surface area contributed by atoms with Crippen LogP contribution in [-0.2, 0) is 6.42 Å². The molecule has 2 aromatic carbocycles. The second kappa shape index (κ2) is 6.16. The highest BCUT2D eigenvalue weighted by Gasteiger charge is 2.21. The number of hydrogen-bond acceptors (Lipinski definition) is 6. The van der Waals surface area contributed by atoms with Crippen molar-refractivity contribution in [1.29, 1.82) is 0 Å². The Hall–Kier alpha value is -2.76. The lowest BCUT2D eigenvalue weighted by atomic mass is 9.96. The van der Waals surface area contributed by atoms with Crippen LogP contribution in [0.15, 0.2) is 12.1 Å². The van der Waals surface area contributed by atoms with Gasteiger partial charge in [-0.2, -0.15) is 0 Å². The van der Waals surface area contributed by atoms with Crippen LogP contribution in [0.5, 0.6) is 34.5 Å². The molecule has 124 valence electrons. The van der Waals surface area contributed by atoms with E-state index in [2.05, 4.69) is 0 Å². The molecule has 0 aliphatic heterocycles. The summed E-state index contributed by atoms with van der Waals surface area (Å²) in [6.07, 6.45) is 0.103. The number of rotatable bonds is 4. The summed E-state index contributed by atoms with van der Waals surface area (Å²) in [5.74, 6) is 0.181. The molecule has 6 nitrogen and oxygen atoms in total. The van der Waals surface area contributed by atoms with Crippen molar-refractivity contribution >= 4 is 0 Å². The molecule has 0 aliphatic rings. The van der Waals surface area contributed by atoms with E-state index in [1.165, 1.54) is 26.4 Å². The molecule has 0 heterocycles. The van der Waals surface area contributed by atoms with E-state index in [-0.39, 0.29) is 40.9 Å². The Bertz CT molecular complexity index is 688. The maximum Gasteiger partial charge on any atom is 0.129 e. The van der Waals surface area contributed by atoms with Crippen molar-refractivity contribution in [2.24, 2.45) is 0 Å². The van der Waals surface area contributed by atoms with E-state index in [0.717, 1.165) is 0 Å². The lowest BCUT2D eigenvalue weighted by molar-refractivity contribution is 0.381. The molecule has 23 heavy (non-hydrogen) atoms. The first-order valence-electron chi connectivity index (χ1n) is 6.98. The van der Waals surface area contributed by atoms with Crippen LogP contribution in [-0.4, -0.2) is 34.6 Å². The molecule has 2 rings (SSSR count). The summed E-state index contributed by atoms with van der Waals surface area (Å²) >= 11 is 0. The summed E-state index contributed by atoms with van der Waals surface area (Å²) in [5, 5.41) is 40.2. The highest BCUT2D eigenvalue weighted by molar-refractivity contribution is 5.61. The average molecular weight is 320 g/mol. The molecular formula is C17H20O6. The SMILES string of the molecule is COc1cc(O)c(C)c(O)c1Cc1c(OC)cc(O)c(C)c1O. The van der Waals surface area contributed by atoms with Crippen molar-refractivity contribution < 1.29 is 29.9 Å². The zero-order chi connectivity index (χ0) is 17.3. The van der Waals surface area contributed by atoms with E-state index < -0.39 is 0 Å². The van der Waals surface area contributed by atoms with Gasteiger partial charge in [-0.05, 0) is 13.8 Å². The van der Waals surface area contributed by atoms with Gasteiger partial charge in [-0.3, -0.25) is 0 Å². The first-order chi connectivity index (χ1) is 10.8. The zero-order valence-corrected chi connectivity index (χ0v) is 13.5. The van der Waals surface area contributed by atoms with Crippen molar-refractivity contribution in [3.05, 3.63) is 34.4 Å². The number of phenolic OH excluding ortho intramolecular Hbond substituents is 4. The lowest BCUT2D eigenvalue weighted by Gasteiger charge is -2.17. The van der Waals surface area contributed by atoms with Crippen molar-refractivity contribution in [3.63, 3.8) is 0 Å². The van der Waals surface area contributed by atoms with Gasteiger partial charge in [-0.15, -0.1) is 0 Å². The van der Waals surface area contributed by atoms with E-state index in [9.17, 15) is 20.4 Å². The summed E-state index contributed by atoms with van der Waals surface area (Å²) in [6.45, 7) is 3.15. The fraction of sp³-hybridized carbons (Fsp3) is 0.294. The summed E-state index contributed by atoms with van der Waals surface area (Å²) in [6, 6.07) is 2.81. The van der Waals surface area contributed by atoms with Gasteiger partial charge in [0.2, 0.25) is 0 Å². The van der Waals surface area contributed by atoms with Crippen LogP contribution >= 0.6 is 0 Å². The monoisotopic (exact) mass is 320 g/mol. The van der Waals surface area contributed by atoms with Gasteiger partial charge in [0, 0.05) is 40.8 Å². The number of ether oxygens (including phenoxy) is 2. The van der Waals surface area contributed by atoms with Crippen molar-refractivity contribution in [3.8, 4) is 34.5 Å². The number of benzene rings is 2. The Morgan fingerprint density at radius 1 is 0.739 bits per heavy atom. The second-order valence-electron chi connectivity index (χ2n) is 5.28. The van der Waals surface area contributed by atoms with Gasteiger partial charge in [-0.1, -0.05) is 0 Å². The molecule has 0 aliphatic carbocycles. The molecular weight excluding hydrogens is 300 g/mol. The highest BCUT2D eigenvalue weighted by Crippen LogP contribution is 2.43. The molecule has 0 aromatic heterocycles. The largest absolute Gasteiger partial charge is 0.507 e. The van der Waals surface area contributed by atoms with Crippen LogP contribution in [0.2, 0.25) is 0 Å². The average Bonchev–Trinajstić information content (AvgIpc) is 2.54. The first-order valence-corrected chi connectivity index (χ1v) is 6.98. The Morgan fingerprint density at radius 3 is 1.39 bits per heavy atom. The molecule has 6 heteroatoms. The van der Waals surface area contributed by atoms with Gasteiger partial charge in [-0.25, -0.2) is 0 Å². The minimum Gasteiger partial charge on any atom is -0.507 e. The van der Waals surface area contributed by atoms with E-state index in [4.69, 9.17) is 9.47 Å². The standard InChI is InChI=1S/C17H20O6/c1-8-12(18)6-14(22-3)10(16(8)20)5-11-15(23-4)7-13(19)9(2)17(11)21/h6-7,18-21H,5H2,1-4H3. The lowest BCUT2D eigenvalue weighted by Crippen LogP contribution is -2.00. The van der Waals surface area contributed by atoms with Crippen molar-refractivity contribution in [2.75, 3.05) is 14.2 Å². The molecule has 4 N–H and O–H groups in total. The molecule has 0 saturated heterocycles. The smallest absolute Gasteiger partial charge is 0.129 e. The Kier molecular flexibility index (Phi) is 4.45. The maximum atomic E-state index is 10.3. The van der Waals surface area contributed by atoms with Crippen LogP contribution in [0.25, 0.3) is 0 Å². The van der Waals surface area contributed by atoms with E-state index >= 15 is 0 Å². The molecule has 0 radical (unpaired) electrons. The summed E-state index contributed by atoms with van der Waals surface area (Å²) in [4.78, 5) is 0. The van der Waals surface area contributed by atoms with Crippen LogP contribution < -0.4 is 9.47 Å². The fourth-order valence-electron chi connectivity index (χ4n) is 2.45. The zero-order valence-electron chi connectivity index (χ0n) is 13.5. The predicted molar refractivity (Wildman–Crippen MR) is 84.9 cm³/mol. The molecule has 0 bridgehead atoms. The van der Waals surface area contributed by atoms with E-state index in [0.29, 0.717) is 22.3 Å². The van der Waals surface area contributed by atoms with Gasteiger partial charge >= 0.3 is 0 Å². The number of phenols is 4. The topological polar surface area (TPSA) is 99.4 Å². The third-order valence-electron chi connectivity index (χ3n) is 3.97. The number of hydrogen-bond donors (Lipinski definition) is 4. The number of methoxy groups -OCH3 is 2. The summed E-state index contributed by atoms with van der Waals surface area (Å²) < 4.78 is 10.4. The highest BCUT2D eigenvalue weighted by atomic mass is 16.5. The Morgan fingerprint density at radius 2 is 1.09 bits per heavy atom. The fourth-order valence-corrected chi connectivity index (χ4v) is 2.45. The van der Waals surface area contributed by atoms with E-state index in [1.54, 1.807) is 13.8 Å². The van der Waals surface area contributed by atoms with Crippen LogP contribution in [0.1, 0.15) is 22.3 Å². The van der Waals surface area contributed by atoms with Crippen LogP contribution in [0, 0.1) is 13.8 Å². The number of aromatic hydroxyl groups is 4. The van der Waals surface area contributed by atoms with Crippen molar-refractivity contribution in [2.45, 2.75) is 20.3 Å². The van der Waals surface area contributed by atoms with Crippen LogP contribution in [0.3, 0.4) is 0 Å². The van der Waals surface area contributed by atoms with Gasteiger partial charge in [0.05, 0.1) is 14.2 Å². The summed E-state index contributed by atoms with van der Waals surface area (Å²) in [7, 11) is 2.85. The van der Waals surface area contributed by atoms with Gasteiger partial charge in [0.1, 0.15) is 34.5 Å². The second-order valence-corrected chi connectivity index (χ2v) is 5.28. The molecule has 0 atom stereocenters. The van der Waals surface area contributed by atoms with Gasteiger partial charge in [0.25, 0.3) is 0 Å². The molecule has 0 amide bonds. The third-order valence-corrected chi connectivity index (χ3v) is 3.97. The molecule has 0 saturated carbocycles. The van der Waals surface area contributed by atoms with Gasteiger partial charge in [0.15, 0.2) is 0 Å². The Balaban J connectivity index is 2.65. The third kappa shape index (κ3) is 2.79. The van der Waals surface area contributed by atoms with Gasteiger partial charge < -0.3 is 29.9 Å². The quantitative estimate of drug-likeness (QED) is 0.691. The molecule has 0 unspecified atom stereocenters. The van der Waals surface area contributed by atoms with E-state index in [1.807, 2.05) is 0 Å². The molecule has 2 aromatic rings. The van der Waals surface area contributed by atoms with Crippen LogP contribution in [0.4, 0.5) is 0 Å². The minimum atomic E-state index is -0.117. The molecule has 0 fully saturated rings. The minimum absolute atomic E-state index is 0.0822.